The molecule has 0 saturated heterocycles. The van der Waals surface area contributed by atoms with Crippen LogP contribution in [0.15, 0.2) is 28.9 Å². The molecule has 2 N–H and O–H groups in total. The lowest BCUT2D eigenvalue weighted by molar-refractivity contribution is 0.624. The topological polar surface area (TPSA) is 56.7 Å². The summed E-state index contributed by atoms with van der Waals surface area (Å²) in [6, 6.07) is 4.41. The maximum Gasteiger partial charge on any atom is 0.125 e. The summed E-state index contributed by atoms with van der Waals surface area (Å²) in [5, 5.41) is 7.86. The maximum absolute atomic E-state index is 13.1. The minimum absolute atomic E-state index is 0.311. The molecule has 0 aliphatic carbocycles. The van der Waals surface area contributed by atoms with E-state index < -0.39 is 0 Å². The number of halogens is 2. The Hall–Kier alpha value is -1.27. The Morgan fingerprint density at radius 2 is 2.25 bits per heavy atom. The van der Waals surface area contributed by atoms with Crippen LogP contribution < -0.4 is 5.73 Å². The van der Waals surface area contributed by atoms with E-state index in [1.54, 1.807) is 12.3 Å². The summed E-state index contributed by atoms with van der Waals surface area (Å²) in [5.41, 5.74) is 6.83. The highest BCUT2D eigenvalue weighted by Gasteiger charge is 2.07. The zero-order valence-corrected chi connectivity index (χ0v) is 9.98. The van der Waals surface area contributed by atoms with Crippen LogP contribution >= 0.6 is 15.9 Å². The lowest BCUT2D eigenvalue weighted by Gasteiger charge is -2.02. The molecule has 0 unspecified atom stereocenters. The first-order chi connectivity index (χ1) is 7.70. The van der Waals surface area contributed by atoms with Crippen LogP contribution in [0, 0.1) is 5.82 Å². The first-order valence-electron chi connectivity index (χ1n) is 4.77. The van der Waals surface area contributed by atoms with Gasteiger partial charge in [0.05, 0.1) is 17.6 Å². The largest absolute Gasteiger partial charge is 0.330 e. The molecule has 1 aromatic heterocycles. The van der Waals surface area contributed by atoms with Gasteiger partial charge in [-0.2, -0.15) is 0 Å². The molecule has 2 rings (SSSR count). The van der Waals surface area contributed by atoms with E-state index in [0.717, 1.165) is 10.2 Å². The van der Waals surface area contributed by atoms with Crippen LogP contribution in [0.2, 0.25) is 0 Å². The smallest absolute Gasteiger partial charge is 0.125 e. The van der Waals surface area contributed by atoms with E-state index in [1.807, 2.05) is 0 Å². The van der Waals surface area contributed by atoms with Crippen LogP contribution in [0.25, 0.3) is 5.69 Å². The monoisotopic (exact) mass is 284 g/mol. The van der Waals surface area contributed by atoms with Crippen molar-refractivity contribution in [3.63, 3.8) is 0 Å². The second kappa shape index (κ2) is 4.71. The van der Waals surface area contributed by atoms with Gasteiger partial charge in [0.25, 0.3) is 0 Å². The van der Waals surface area contributed by atoms with Crippen molar-refractivity contribution in [3.05, 3.63) is 40.4 Å². The number of benzene rings is 1. The molecule has 16 heavy (non-hydrogen) atoms. The molecule has 0 saturated carbocycles. The van der Waals surface area contributed by atoms with Gasteiger partial charge < -0.3 is 5.73 Å². The fraction of sp³-hybridized carbons (Fsp3) is 0.200. The van der Waals surface area contributed by atoms with E-state index in [1.165, 1.54) is 16.8 Å². The Morgan fingerprint density at radius 3 is 3.00 bits per heavy atom. The fourth-order valence-electron chi connectivity index (χ4n) is 1.34. The fourth-order valence-corrected chi connectivity index (χ4v) is 1.77. The average molecular weight is 285 g/mol. The summed E-state index contributed by atoms with van der Waals surface area (Å²) in [5.74, 6) is -0.311. The number of hydrogen-bond acceptors (Lipinski definition) is 3. The standard InChI is InChI=1S/C10H10BrFN4/c11-9-2-1-7(12)5-10(9)16-6-8(3-4-13)14-15-16/h1-2,5-6H,3-4,13H2. The third-order valence-corrected chi connectivity index (χ3v) is 2.77. The second-order valence-electron chi connectivity index (χ2n) is 3.29. The Balaban J connectivity index is 2.38. The van der Waals surface area contributed by atoms with Crippen molar-refractivity contribution < 1.29 is 4.39 Å². The van der Waals surface area contributed by atoms with Crippen LogP contribution in [0.3, 0.4) is 0 Å². The zero-order chi connectivity index (χ0) is 11.5. The highest BCUT2D eigenvalue weighted by molar-refractivity contribution is 9.10. The summed E-state index contributed by atoms with van der Waals surface area (Å²) in [4.78, 5) is 0. The van der Waals surface area contributed by atoms with Crippen LogP contribution in [0.5, 0.6) is 0 Å². The molecular weight excluding hydrogens is 275 g/mol. The Kier molecular flexibility index (Phi) is 3.31. The molecule has 0 radical (unpaired) electrons. The molecule has 0 aliphatic rings. The van der Waals surface area contributed by atoms with Crippen LogP contribution in [-0.4, -0.2) is 21.5 Å². The highest BCUT2D eigenvalue weighted by Crippen LogP contribution is 2.21. The quantitative estimate of drug-likeness (QED) is 0.933. The Labute approximate surface area is 100 Å². The normalized spacial score (nSPS) is 10.7. The van der Waals surface area contributed by atoms with Crippen molar-refractivity contribution in [1.82, 2.24) is 15.0 Å². The lowest BCUT2D eigenvalue weighted by Crippen LogP contribution is -2.02. The molecule has 6 heteroatoms. The Bertz CT molecular complexity index is 497. The SMILES string of the molecule is NCCc1cn(-c2cc(F)ccc2Br)nn1. The molecule has 84 valence electrons. The van der Waals surface area contributed by atoms with Crippen molar-refractivity contribution in [3.8, 4) is 5.69 Å². The van der Waals surface area contributed by atoms with Crippen LogP contribution in [0.4, 0.5) is 4.39 Å². The van der Waals surface area contributed by atoms with E-state index >= 15 is 0 Å². The van der Waals surface area contributed by atoms with Gasteiger partial charge in [0, 0.05) is 17.0 Å². The molecule has 0 bridgehead atoms. The van der Waals surface area contributed by atoms with Gasteiger partial charge in [-0.1, -0.05) is 5.21 Å². The second-order valence-corrected chi connectivity index (χ2v) is 4.14. The molecule has 1 aromatic carbocycles. The molecule has 0 amide bonds. The van der Waals surface area contributed by atoms with Gasteiger partial charge in [-0.15, -0.1) is 5.10 Å². The summed E-state index contributed by atoms with van der Waals surface area (Å²) < 4.78 is 15.4. The zero-order valence-electron chi connectivity index (χ0n) is 8.40. The maximum atomic E-state index is 13.1. The van der Waals surface area contributed by atoms with Gasteiger partial charge in [-0.3, -0.25) is 0 Å². The van der Waals surface area contributed by atoms with Gasteiger partial charge >= 0.3 is 0 Å². The van der Waals surface area contributed by atoms with Crippen molar-refractivity contribution >= 4 is 15.9 Å². The molecule has 0 spiro atoms. The van der Waals surface area contributed by atoms with Gasteiger partial charge in [-0.05, 0) is 34.6 Å². The van der Waals surface area contributed by atoms with E-state index in [-0.39, 0.29) is 5.82 Å². The van der Waals surface area contributed by atoms with E-state index in [0.29, 0.717) is 18.7 Å². The summed E-state index contributed by atoms with van der Waals surface area (Å²) >= 11 is 3.34. The van der Waals surface area contributed by atoms with Gasteiger partial charge in [-0.25, -0.2) is 9.07 Å². The Morgan fingerprint density at radius 1 is 1.44 bits per heavy atom. The third-order valence-electron chi connectivity index (χ3n) is 2.10. The molecular formula is C10H10BrFN4. The van der Waals surface area contributed by atoms with Crippen molar-refractivity contribution in [1.29, 1.82) is 0 Å². The van der Waals surface area contributed by atoms with Gasteiger partial charge in [0.15, 0.2) is 0 Å². The first-order valence-corrected chi connectivity index (χ1v) is 5.56. The number of aromatic nitrogens is 3. The number of rotatable bonds is 3. The number of nitrogens with two attached hydrogens (primary N) is 1. The van der Waals surface area contributed by atoms with Gasteiger partial charge in [0.1, 0.15) is 5.82 Å². The summed E-state index contributed by atoms with van der Waals surface area (Å²) in [6.07, 6.45) is 2.40. The summed E-state index contributed by atoms with van der Waals surface area (Å²) in [6.45, 7) is 0.517. The number of nitrogens with zero attached hydrogens (tertiary/aromatic N) is 3. The molecule has 4 nitrogen and oxygen atoms in total. The average Bonchev–Trinajstić information content (AvgIpc) is 2.71. The summed E-state index contributed by atoms with van der Waals surface area (Å²) in [7, 11) is 0. The van der Waals surface area contributed by atoms with Crippen molar-refractivity contribution in [2.45, 2.75) is 6.42 Å². The lowest BCUT2D eigenvalue weighted by atomic mass is 10.3. The van der Waals surface area contributed by atoms with E-state index in [2.05, 4.69) is 26.2 Å². The minimum atomic E-state index is -0.311. The first kappa shape index (κ1) is 11.2. The predicted octanol–water partition coefficient (Wildman–Crippen LogP) is 1.67. The molecule has 0 aliphatic heterocycles. The van der Waals surface area contributed by atoms with Crippen molar-refractivity contribution in [2.75, 3.05) is 6.54 Å². The molecule has 0 atom stereocenters. The highest BCUT2D eigenvalue weighted by atomic mass is 79.9. The minimum Gasteiger partial charge on any atom is -0.330 e. The van der Waals surface area contributed by atoms with Gasteiger partial charge in [0.2, 0.25) is 0 Å². The van der Waals surface area contributed by atoms with E-state index in [9.17, 15) is 4.39 Å². The van der Waals surface area contributed by atoms with Crippen molar-refractivity contribution in [2.24, 2.45) is 5.73 Å². The third kappa shape index (κ3) is 2.28. The molecule has 0 fully saturated rings. The van der Waals surface area contributed by atoms with Crippen LogP contribution in [-0.2, 0) is 6.42 Å². The molecule has 2 aromatic rings. The predicted molar refractivity (Wildman–Crippen MR) is 61.8 cm³/mol. The van der Waals surface area contributed by atoms with E-state index in [4.69, 9.17) is 5.73 Å². The number of hydrogen-bond donors (Lipinski definition) is 1. The molecule has 1 heterocycles. The van der Waals surface area contributed by atoms with Crippen LogP contribution in [0.1, 0.15) is 5.69 Å².